The van der Waals surface area contributed by atoms with Crippen LogP contribution in [-0.2, 0) is 4.79 Å². The number of halogens is 1. The largest absolute Gasteiger partial charge is 0.338 e. The first kappa shape index (κ1) is 13.3. The number of imide groups is 1. The zero-order valence-electron chi connectivity index (χ0n) is 9.43. The Morgan fingerprint density at radius 3 is 2.56 bits per heavy atom. The number of nitrogens with one attached hydrogen (secondary N) is 2. The lowest BCUT2D eigenvalue weighted by molar-refractivity contribution is -0.117. The predicted molar refractivity (Wildman–Crippen MR) is 63.5 cm³/mol. The molecule has 0 aromatic heterocycles. The van der Waals surface area contributed by atoms with E-state index in [0.29, 0.717) is 6.54 Å². The van der Waals surface area contributed by atoms with Gasteiger partial charge in [0.25, 0.3) is 0 Å². The molecule has 3 amide bonds. The molecule has 0 heterocycles. The Bertz CT molecular complexity index is 240. The van der Waals surface area contributed by atoms with Gasteiger partial charge in [0.2, 0.25) is 5.91 Å². The van der Waals surface area contributed by atoms with E-state index in [1.807, 2.05) is 0 Å². The Morgan fingerprint density at radius 2 is 1.94 bits per heavy atom. The molecule has 0 radical (unpaired) electrons. The fraction of sp³-hybridized carbons (Fsp3) is 0.818. The van der Waals surface area contributed by atoms with Crippen LogP contribution in [0.25, 0.3) is 0 Å². The van der Waals surface area contributed by atoms with Crippen molar-refractivity contribution >= 4 is 23.5 Å². The Morgan fingerprint density at radius 1 is 1.25 bits per heavy atom. The van der Waals surface area contributed by atoms with E-state index in [9.17, 15) is 9.59 Å². The molecule has 16 heavy (non-hydrogen) atoms. The number of hydrogen-bond acceptors (Lipinski definition) is 2. The van der Waals surface area contributed by atoms with E-state index in [2.05, 4.69) is 10.6 Å². The van der Waals surface area contributed by atoms with E-state index in [4.69, 9.17) is 11.6 Å². The van der Waals surface area contributed by atoms with Crippen molar-refractivity contribution in [3.05, 3.63) is 0 Å². The average molecular weight is 247 g/mol. The summed E-state index contributed by atoms with van der Waals surface area (Å²) in [6.07, 6.45) is 7.51. The molecule has 5 heteroatoms. The van der Waals surface area contributed by atoms with Gasteiger partial charge >= 0.3 is 6.03 Å². The molecule has 0 aromatic rings. The molecule has 4 nitrogen and oxygen atoms in total. The van der Waals surface area contributed by atoms with Crippen molar-refractivity contribution in [3.8, 4) is 0 Å². The van der Waals surface area contributed by atoms with Gasteiger partial charge in [-0.1, -0.05) is 25.7 Å². The molecule has 0 aromatic carbocycles. The number of urea groups is 1. The first-order valence-corrected chi connectivity index (χ1v) is 6.39. The molecule has 1 aliphatic rings. The van der Waals surface area contributed by atoms with Crippen molar-refractivity contribution in [1.29, 1.82) is 0 Å². The summed E-state index contributed by atoms with van der Waals surface area (Å²) in [6.45, 7) is 0.623. The van der Waals surface area contributed by atoms with Crippen LogP contribution in [0, 0.1) is 5.92 Å². The van der Waals surface area contributed by atoms with Crippen LogP contribution < -0.4 is 10.6 Å². The zero-order chi connectivity index (χ0) is 11.8. The lowest BCUT2D eigenvalue weighted by atomic mass is 10.0. The maximum atomic E-state index is 11.1. The van der Waals surface area contributed by atoms with Crippen molar-refractivity contribution < 1.29 is 9.59 Å². The number of carbonyl (C=O) groups excluding carboxylic acids is 2. The molecule has 2 N–H and O–H groups in total. The fourth-order valence-corrected chi connectivity index (χ4v) is 2.16. The third-order valence-electron chi connectivity index (χ3n) is 2.92. The van der Waals surface area contributed by atoms with Crippen LogP contribution in [0.3, 0.4) is 0 Å². The summed E-state index contributed by atoms with van der Waals surface area (Å²) in [7, 11) is 0. The predicted octanol–water partition coefficient (Wildman–Crippen LogP) is 2.02. The van der Waals surface area contributed by atoms with E-state index in [1.165, 1.54) is 32.1 Å². The van der Waals surface area contributed by atoms with Crippen LogP contribution in [0.1, 0.15) is 38.5 Å². The van der Waals surface area contributed by atoms with Crippen molar-refractivity contribution in [2.75, 3.05) is 12.4 Å². The molecular weight excluding hydrogens is 228 g/mol. The molecule has 0 bridgehead atoms. The van der Waals surface area contributed by atoms with Gasteiger partial charge in [0.1, 0.15) is 5.88 Å². The zero-order valence-corrected chi connectivity index (χ0v) is 10.2. The maximum Gasteiger partial charge on any atom is 0.321 e. The van der Waals surface area contributed by atoms with Crippen molar-refractivity contribution in [2.45, 2.75) is 38.5 Å². The Balaban J connectivity index is 1.97. The van der Waals surface area contributed by atoms with Gasteiger partial charge in [-0.15, -0.1) is 11.6 Å². The van der Waals surface area contributed by atoms with Gasteiger partial charge in [0, 0.05) is 6.54 Å². The SMILES string of the molecule is O=C(CCl)NC(=O)NCCCC1CCCC1. The highest BCUT2D eigenvalue weighted by molar-refractivity contribution is 6.28. The monoisotopic (exact) mass is 246 g/mol. The second-order valence-electron chi connectivity index (χ2n) is 4.23. The van der Waals surface area contributed by atoms with Crippen LogP contribution in [0.15, 0.2) is 0 Å². The molecule has 1 fully saturated rings. The second-order valence-corrected chi connectivity index (χ2v) is 4.50. The first-order chi connectivity index (χ1) is 7.72. The van der Waals surface area contributed by atoms with E-state index >= 15 is 0 Å². The van der Waals surface area contributed by atoms with Gasteiger partial charge in [-0.25, -0.2) is 4.79 Å². The quantitative estimate of drug-likeness (QED) is 0.576. The van der Waals surface area contributed by atoms with E-state index in [-0.39, 0.29) is 5.88 Å². The van der Waals surface area contributed by atoms with Crippen LogP contribution in [0.5, 0.6) is 0 Å². The third-order valence-corrected chi connectivity index (χ3v) is 3.17. The third kappa shape index (κ3) is 5.35. The summed E-state index contributed by atoms with van der Waals surface area (Å²) in [5.41, 5.74) is 0. The second kappa shape index (κ2) is 7.49. The number of rotatable bonds is 5. The minimum atomic E-state index is -0.463. The van der Waals surface area contributed by atoms with Crippen molar-refractivity contribution in [2.24, 2.45) is 5.92 Å². The highest BCUT2D eigenvalue weighted by Crippen LogP contribution is 2.28. The highest BCUT2D eigenvalue weighted by atomic mass is 35.5. The van der Waals surface area contributed by atoms with Gasteiger partial charge in [0.15, 0.2) is 0 Å². The fourth-order valence-electron chi connectivity index (χ4n) is 2.10. The van der Waals surface area contributed by atoms with Crippen molar-refractivity contribution in [3.63, 3.8) is 0 Å². The molecule has 1 saturated carbocycles. The maximum absolute atomic E-state index is 11.1. The van der Waals surface area contributed by atoms with Crippen LogP contribution in [0.4, 0.5) is 4.79 Å². The van der Waals surface area contributed by atoms with Crippen LogP contribution in [-0.4, -0.2) is 24.4 Å². The van der Waals surface area contributed by atoms with E-state index in [1.54, 1.807) is 0 Å². The molecule has 0 aliphatic heterocycles. The van der Waals surface area contributed by atoms with Gasteiger partial charge < -0.3 is 5.32 Å². The highest BCUT2D eigenvalue weighted by Gasteiger charge is 2.14. The summed E-state index contributed by atoms with van der Waals surface area (Å²) in [4.78, 5) is 21.9. The lowest BCUT2D eigenvalue weighted by Crippen LogP contribution is -2.40. The van der Waals surface area contributed by atoms with E-state index in [0.717, 1.165) is 12.3 Å². The minimum Gasteiger partial charge on any atom is -0.338 e. The lowest BCUT2D eigenvalue weighted by Gasteiger charge is -2.09. The Hall–Kier alpha value is -0.770. The molecule has 92 valence electrons. The number of hydrogen-bond donors (Lipinski definition) is 2. The van der Waals surface area contributed by atoms with Crippen LogP contribution >= 0.6 is 11.6 Å². The normalized spacial score (nSPS) is 16.1. The van der Waals surface area contributed by atoms with Crippen LogP contribution in [0.2, 0.25) is 0 Å². The molecule has 0 unspecified atom stereocenters. The van der Waals surface area contributed by atoms with Crippen molar-refractivity contribution in [1.82, 2.24) is 10.6 Å². The smallest absolute Gasteiger partial charge is 0.321 e. The Labute approximate surface area is 101 Å². The standard InChI is InChI=1S/C11H19ClN2O2/c12-8-10(15)14-11(16)13-7-3-6-9-4-1-2-5-9/h9H,1-8H2,(H2,13,14,15,16). The topological polar surface area (TPSA) is 58.2 Å². The summed E-state index contributed by atoms with van der Waals surface area (Å²) < 4.78 is 0. The number of amides is 3. The molecule has 0 atom stereocenters. The number of carbonyl (C=O) groups is 2. The minimum absolute atomic E-state index is 0.185. The average Bonchev–Trinajstić information content (AvgIpc) is 2.77. The molecule has 0 spiro atoms. The van der Waals surface area contributed by atoms with Gasteiger partial charge in [-0.3, -0.25) is 10.1 Å². The summed E-state index contributed by atoms with van der Waals surface area (Å²) in [5.74, 6) is 0.194. The van der Waals surface area contributed by atoms with E-state index < -0.39 is 11.9 Å². The molecule has 1 rings (SSSR count). The van der Waals surface area contributed by atoms with Gasteiger partial charge in [-0.2, -0.15) is 0 Å². The van der Waals surface area contributed by atoms with Gasteiger partial charge in [-0.05, 0) is 18.8 Å². The number of alkyl halides is 1. The first-order valence-electron chi connectivity index (χ1n) is 5.86. The molecule has 1 aliphatic carbocycles. The molecule has 0 saturated heterocycles. The molecular formula is C11H19ClN2O2. The Kier molecular flexibility index (Phi) is 6.23. The summed E-state index contributed by atoms with van der Waals surface area (Å²) in [6, 6.07) is -0.447. The summed E-state index contributed by atoms with van der Waals surface area (Å²) >= 11 is 5.25. The summed E-state index contributed by atoms with van der Waals surface area (Å²) in [5, 5.41) is 4.78. The van der Waals surface area contributed by atoms with Gasteiger partial charge in [0.05, 0.1) is 0 Å².